The van der Waals surface area contributed by atoms with Gasteiger partial charge in [-0.05, 0) is 17.7 Å². The Morgan fingerprint density at radius 3 is 2.47 bits per heavy atom. The van der Waals surface area contributed by atoms with Gasteiger partial charge in [0.1, 0.15) is 0 Å². The largest absolute Gasteiger partial charge is 0.392 e. The Labute approximate surface area is 110 Å². The van der Waals surface area contributed by atoms with E-state index < -0.39 is 0 Å². The lowest BCUT2D eigenvalue weighted by atomic mass is 10.2. The molecule has 0 aromatic heterocycles. The predicted molar refractivity (Wildman–Crippen MR) is 73.4 cm³/mol. The summed E-state index contributed by atoms with van der Waals surface area (Å²) in [7, 11) is 0. The molecule has 0 saturated heterocycles. The SMILES string of the molecule is OCc1c(Cl)cccc1SCc1ccccc1. The Morgan fingerprint density at radius 1 is 1.00 bits per heavy atom. The first-order chi connectivity index (χ1) is 8.31. The number of thioether (sulfide) groups is 1. The first kappa shape index (κ1) is 12.5. The summed E-state index contributed by atoms with van der Waals surface area (Å²) in [5.74, 6) is 0.883. The molecular formula is C14H13ClOS. The summed E-state index contributed by atoms with van der Waals surface area (Å²) in [5, 5.41) is 9.93. The van der Waals surface area contributed by atoms with Crippen LogP contribution in [-0.4, -0.2) is 5.11 Å². The van der Waals surface area contributed by atoms with Crippen molar-refractivity contribution in [2.24, 2.45) is 0 Å². The van der Waals surface area contributed by atoms with E-state index in [1.165, 1.54) is 5.56 Å². The van der Waals surface area contributed by atoms with E-state index in [9.17, 15) is 5.11 Å². The molecule has 0 aliphatic carbocycles. The zero-order valence-electron chi connectivity index (χ0n) is 9.27. The van der Waals surface area contributed by atoms with Gasteiger partial charge in [-0.1, -0.05) is 48.0 Å². The molecule has 0 unspecified atom stereocenters. The minimum atomic E-state index is -0.0171. The van der Waals surface area contributed by atoms with Crippen LogP contribution in [0.4, 0.5) is 0 Å². The second kappa shape index (κ2) is 6.10. The van der Waals surface area contributed by atoms with Crippen LogP contribution in [0.25, 0.3) is 0 Å². The lowest BCUT2D eigenvalue weighted by molar-refractivity contribution is 0.279. The first-order valence-corrected chi connectivity index (χ1v) is 6.72. The normalized spacial score (nSPS) is 10.5. The van der Waals surface area contributed by atoms with Crippen molar-refractivity contribution in [3.05, 3.63) is 64.7 Å². The molecule has 2 aromatic carbocycles. The molecule has 17 heavy (non-hydrogen) atoms. The number of aliphatic hydroxyl groups is 1. The van der Waals surface area contributed by atoms with E-state index >= 15 is 0 Å². The van der Waals surface area contributed by atoms with Crippen molar-refractivity contribution in [2.75, 3.05) is 0 Å². The van der Waals surface area contributed by atoms with Crippen LogP contribution in [0, 0.1) is 0 Å². The summed E-state index contributed by atoms with van der Waals surface area (Å²) in [6, 6.07) is 16.0. The zero-order chi connectivity index (χ0) is 12.1. The second-order valence-corrected chi connectivity index (χ2v) is 5.07. The van der Waals surface area contributed by atoms with Crippen LogP contribution >= 0.6 is 23.4 Å². The highest BCUT2D eigenvalue weighted by Gasteiger charge is 2.06. The minimum Gasteiger partial charge on any atom is -0.392 e. The third-order valence-electron chi connectivity index (χ3n) is 2.47. The Kier molecular flexibility index (Phi) is 4.49. The third-order valence-corrected chi connectivity index (χ3v) is 4.00. The summed E-state index contributed by atoms with van der Waals surface area (Å²) in [4.78, 5) is 1.05. The number of aliphatic hydroxyl groups excluding tert-OH is 1. The number of benzene rings is 2. The lowest BCUT2D eigenvalue weighted by Gasteiger charge is -2.08. The van der Waals surface area contributed by atoms with E-state index in [1.807, 2.05) is 30.3 Å². The average molecular weight is 265 g/mol. The number of rotatable bonds is 4. The predicted octanol–water partition coefficient (Wildman–Crippen LogP) is 4.12. The summed E-state index contributed by atoms with van der Waals surface area (Å²) >= 11 is 7.73. The molecule has 2 rings (SSSR count). The molecule has 0 bridgehead atoms. The molecule has 0 aliphatic rings. The number of hydrogen-bond donors (Lipinski definition) is 1. The van der Waals surface area contributed by atoms with Crippen LogP contribution in [0.3, 0.4) is 0 Å². The third kappa shape index (κ3) is 3.25. The van der Waals surface area contributed by atoms with Gasteiger partial charge in [0.05, 0.1) is 6.61 Å². The first-order valence-electron chi connectivity index (χ1n) is 5.36. The quantitative estimate of drug-likeness (QED) is 0.838. The van der Waals surface area contributed by atoms with Crippen molar-refractivity contribution in [1.29, 1.82) is 0 Å². The molecule has 0 spiro atoms. The van der Waals surface area contributed by atoms with Gasteiger partial charge in [0.25, 0.3) is 0 Å². The number of halogens is 1. The minimum absolute atomic E-state index is 0.0171. The molecule has 0 heterocycles. The summed E-state index contributed by atoms with van der Waals surface area (Å²) in [6.45, 7) is -0.0171. The van der Waals surface area contributed by atoms with E-state index in [4.69, 9.17) is 11.6 Å². The molecule has 0 aliphatic heterocycles. The summed E-state index contributed by atoms with van der Waals surface area (Å²) < 4.78 is 0. The molecule has 1 nitrogen and oxygen atoms in total. The maximum absolute atomic E-state index is 9.30. The molecule has 2 aromatic rings. The van der Waals surface area contributed by atoms with E-state index in [0.29, 0.717) is 5.02 Å². The van der Waals surface area contributed by atoms with Crippen LogP contribution in [0.1, 0.15) is 11.1 Å². The van der Waals surface area contributed by atoms with Crippen LogP contribution in [0.2, 0.25) is 5.02 Å². The highest BCUT2D eigenvalue weighted by Crippen LogP contribution is 2.30. The van der Waals surface area contributed by atoms with Crippen LogP contribution in [0.5, 0.6) is 0 Å². The van der Waals surface area contributed by atoms with Crippen molar-refractivity contribution in [2.45, 2.75) is 17.3 Å². The Balaban J connectivity index is 2.12. The molecule has 0 radical (unpaired) electrons. The van der Waals surface area contributed by atoms with Crippen LogP contribution in [0.15, 0.2) is 53.4 Å². The molecule has 1 N–H and O–H groups in total. The van der Waals surface area contributed by atoms with Crippen molar-refractivity contribution >= 4 is 23.4 Å². The zero-order valence-corrected chi connectivity index (χ0v) is 10.8. The van der Waals surface area contributed by atoms with Gasteiger partial charge in [-0.2, -0.15) is 0 Å². The van der Waals surface area contributed by atoms with Gasteiger partial charge in [-0.15, -0.1) is 11.8 Å². The van der Waals surface area contributed by atoms with Crippen LogP contribution in [-0.2, 0) is 12.4 Å². The Bertz CT molecular complexity index is 485. The smallest absolute Gasteiger partial charge is 0.0707 e. The Morgan fingerprint density at radius 2 is 1.76 bits per heavy atom. The lowest BCUT2D eigenvalue weighted by Crippen LogP contribution is -1.89. The van der Waals surface area contributed by atoms with Crippen molar-refractivity contribution in [1.82, 2.24) is 0 Å². The summed E-state index contributed by atoms with van der Waals surface area (Å²) in [6.07, 6.45) is 0. The standard InChI is InChI=1S/C14H13ClOS/c15-13-7-4-8-14(12(13)9-16)17-10-11-5-2-1-3-6-11/h1-8,16H,9-10H2. The van der Waals surface area contributed by atoms with E-state index in [2.05, 4.69) is 12.1 Å². The van der Waals surface area contributed by atoms with Crippen molar-refractivity contribution in [3.8, 4) is 0 Å². The van der Waals surface area contributed by atoms with E-state index in [0.717, 1.165) is 16.2 Å². The second-order valence-electron chi connectivity index (χ2n) is 3.65. The highest BCUT2D eigenvalue weighted by atomic mass is 35.5. The molecule has 88 valence electrons. The van der Waals surface area contributed by atoms with Crippen molar-refractivity contribution in [3.63, 3.8) is 0 Å². The monoisotopic (exact) mass is 264 g/mol. The van der Waals surface area contributed by atoms with Crippen LogP contribution < -0.4 is 0 Å². The Hall–Kier alpha value is -0.960. The van der Waals surface area contributed by atoms with Gasteiger partial charge in [-0.3, -0.25) is 0 Å². The van der Waals surface area contributed by atoms with Gasteiger partial charge in [0, 0.05) is 21.2 Å². The molecule has 3 heteroatoms. The highest BCUT2D eigenvalue weighted by molar-refractivity contribution is 7.98. The van der Waals surface area contributed by atoms with E-state index in [1.54, 1.807) is 17.8 Å². The van der Waals surface area contributed by atoms with Gasteiger partial charge in [0.15, 0.2) is 0 Å². The van der Waals surface area contributed by atoms with Crippen molar-refractivity contribution < 1.29 is 5.11 Å². The molecule has 0 amide bonds. The fourth-order valence-corrected chi connectivity index (χ4v) is 2.89. The molecule has 0 atom stereocenters. The average Bonchev–Trinajstić information content (AvgIpc) is 2.37. The maximum Gasteiger partial charge on any atom is 0.0707 e. The summed E-state index contributed by atoms with van der Waals surface area (Å²) in [5.41, 5.74) is 2.08. The van der Waals surface area contributed by atoms with E-state index in [-0.39, 0.29) is 6.61 Å². The molecular weight excluding hydrogens is 252 g/mol. The molecule has 0 fully saturated rings. The van der Waals surface area contributed by atoms with Gasteiger partial charge in [-0.25, -0.2) is 0 Å². The van der Waals surface area contributed by atoms with Gasteiger partial charge in [0.2, 0.25) is 0 Å². The molecule has 0 saturated carbocycles. The topological polar surface area (TPSA) is 20.2 Å². The van der Waals surface area contributed by atoms with Gasteiger partial charge >= 0.3 is 0 Å². The number of hydrogen-bond acceptors (Lipinski definition) is 2. The maximum atomic E-state index is 9.30. The fraction of sp³-hybridized carbons (Fsp3) is 0.143. The van der Waals surface area contributed by atoms with Gasteiger partial charge < -0.3 is 5.11 Å². The fourth-order valence-electron chi connectivity index (χ4n) is 1.56.